The van der Waals surface area contributed by atoms with E-state index in [0.29, 0.717) is 19.4 Å². The summed E-state index contributed by atoms with van der Waals surface area (Å²) in [5.74, 6) is 0.0150. The maximum absolute atomic E-state index is 13.7. The summed E-state index contributed by atoms with van der Waals surface area (Å²) in [6, 6.07) is 32.0. The number of hydrogen-bond donors (Lipinski definition) is 1. The summed E-state index contributed by atoms with van der Waals surface area (Å²) in [5.41, 5.74) is 3.58. The highest BCUT2D eigenvalue weighted by Crippen LogP contribution is 2.25. The molecule has 0 unspecified atom stereocenters. The second-order valence-corrected chi connectivity index (χ2v) is 9.34. The van der Waals surface area contributed by atoms with Gasteiger partial charge in [-0.2, -0.15) is 0 Å². The minimum Gasteiger partial charge on any atom is -0.497 e. The first-order valence-electron chi connectivity index (χ1n) is 13.1. The first-order chi connectivity index (χ1) is 19.0. The van der Waals surface area contributed by atoms with Crippen molar-refractivity contribution in [1.82, 2.24) is 10.2 Å². The Labute approximate surface area is 229 Å². The van der Waals surface area contributed by atoms with Gasteiger partial charge in [-0.15, -0.1) is 0 Å². The topological polar surface area (TPSA) is 58.6 Å². The van der Waals surface area contributed by atoms with Crippen LogP contribution < -0.4 is 10.1 Å². The molecule has 0 saturated heterocycles. The van der Waals surface area contributed by atoms with Gasteiger partial charge in [-0.1, -0.05) is 84.9 Å². The van der Waals surface area contributed by atoms with E-state index >= 15 is 0 Å². The Hall–Kier alpha value is -4.45. The SMILES string of the molecule is COc1ccc(CCNC(=O)[C@@H](c2ccccc2)N(Cc2ccc(F)cc2)C(=O)CCc2ccccc2)cc1. The highest BCUT2D eigenvalue weighted by Gasteiger charge is 2.31. The van der Waals surface area contributed by atoms with E-state index in [1.165, 1.54) is 12.1 Å². The second-order valence-electron chi connectivity index (χ2n) is 9.34. The number of carbonyl (C=O) groups excluding carboxylic acids is 2. The maximum atomic E-state index is 13.7. The molecule has 0 aromatic heterocycles. The lowest BCUT2D eigenvalue weighted by molar-refractivity contribution is -0.141. The predicted molar refractivity (Wildman–Crippen MR) is 151 cm³/mol. The summed E-state index contributed by atoms with van der Waals surface area (Å²) < 4.78 is 18.8. The highest BCUT2D eigenvalue weighted by atomic mass is 19.1. The van der Waals surface area contributed by atoms with Crippen molar-refractivity contribution in [2.75, 3.05) is 13.7 Å². The molecule has 0 aliphatic rings. The van der Waals surface area contributed by atoms with Crippen LogP contribution in [0, 0.1) is 5.82 Å². The maximum Gasteiger partial charge on any atom is 0.247 e. The molecule has 2 amide bonds. The van der Waals surface area contributed by atoms with Crippen LogP contribution in [0.15, 0.2) is 109 Å². The van der Waals surface area contributed by atoms with Gasteiger partial charge in [-0.05, 0) is 59.4 Å². The number of amides is 2. The molecule has 5 nitrogen and oxygen atoms in total. The fraction of sp³-hybridized carbons (Fsp3) is 0.212. The van der Waals surface area contributed by atoms with E-state index in [9.17, 15) is 14.0 Å². The minimum absolute atomic E-state index is 0.151. The van der Waals surface area contributed by atoms with Crippen molar-refractivity contribution in [3.63, 3.8) is 0 Å². The van der Waals surface area contributed by atoms with Gasteiger partial charge in [-0.25, -0.2) is 4.39 Å². The molecule has 1 atom stereocenters. The number of benzene rings is 4. The van der Waals surface area contributed by atoms with E-state index in [0.717, 1.165) is 28.0 Å². The normalized spacial score (nSPS) is 11.4. The van der Waals surface area contributed by atoms with E-state index in [2.05, 4.69) is 5.32 Å². The molecule has 0 radical (unpaired) electrons. The lowest BCUT2D eigenvalue weighted by Crippen LogP contribution is -2.44. The van der Waals surface area contributed by atoms with Crippen LogP contribution in [0.5, 0.6) is 5.75 Å². The van der Waals surface area contributed by atoms with Gasteiger partial charge in [0.05, 0.1) is 7.11 Å². The van der Waals surface area contributed by atoms with Gasteiger partial charge in [0.2, 0.25) is 11.8 Å². The molecule has 0 heterocycles. The Kier molecular flexibility index (Phi) is 9.84. The number of rotatable bonds is 12. The number of ether oxygens (including phenoxy) is 1. The Morgan fingerprint density at radius 2 is 1.36 bits per heavy atom. The summed E-state index contributed by atoms with van der Waals surface area (Å²) >= 11 is 0. The van der Waals surface area contributed by atoms with Crippen molar-refractivity contribution in [3.05, 3.63) is 137 Å². The quantitative estimate of drug-likeness (QED) is 0.251. The molecule has 0 fully saturated rings. The average Bonchev–Trinajstić information content (AvgIpc) is 2.98. The van der Waals surface area contributed by atoms with Crippen molar-refractivity contribution in [2.24, 2.45) is 0 Å². The van der Waals surface area contributed by atoms with Crippen molar-refractivity contribution in [3.8, 4) is 5.75 Å². The first-order valence-corrected chi connectivity index (χ1v) is 13.1. The molecular weight excluding hydrogens is 491 g/mol. The third kappa shape index (κ3) is 8.01. The van der Waals surface area contributed by atoms with Gasteiger partial charge < -0.3 is 15.0 Å². The van der Waals surface area contributed by atoms with E-state index in [4.69, 9.17) is 4.74 Å². The molecule has 0 spiro atoms. The zero-order valence-electron chi connectivity index (χ0n) is 22.1. The van der Waals surface area contributed by atoms with Crippen molar-refractivity contribution in [1.29, 1.82) is 0 Å². The first kappa shape index (κ1) is 27.6. The largest absolute Gasteiger partial charge is 0.497 e. The summed E-state index contributed by atoms with van der Waals surface area (Å²) in [5, 5.41) is 3.04. The van der Waals surface area contributed by atoms with Crippen LogP contribution in [-0.4, -0.2) is 30.4 Å². The molecule has 4 aromatic carbocycles. The van der Waals surface area contributed by atoms with E-state index in [1.807, 2.05) is 84.9 Å². The number of hydrogen-bond acceptors (Lipinski definition) is 3. The van der Waals surface area contributed by atoms with Gasteiger partial charge in [0.1, 0.15) is 17.6 Å². The molecular formula is C33H33FN2O3. The fourth-order valence-corrected chi connectivity index (χ4v) is 4.48. The molecule has 4 aromatic rings. The molecule has 0 aliphatic carbocycles. The van der Waals surface area contributed by atoms with Crippen LogP contribution in [0.3, 0.4) is 0 Å². The van der Waals surface area contributed by atoms with E-state index < -0.39 is 6.04 Å². The molecule has 4 rings (SSSR count). The molecule has 0 saturated carbocycles. The summed E-state index contributed by atoms with van der Waals surface area (Å²) in [4.78, 5) is 29.0. The lowest BCUT2D eigenvalue weighted by Gasteiger charge is -2.32. The van der Waals surface area contributed by atoms with Gasteiger partial charge in [0, 0.05) is 19.5 Å². The third-order valence-corrected chi connectivity index (χ3v) is 6.60. The standard InChI is InChI=1S/C33H33FN2O3/c1-39-30-19-14-26(15-20-30)22-23-35-33(38)32(28-10-6-3-7-11-28)36(24-27-12-17-29(34)18-13-27)31(37)21-16-25-8-4-2-5-9-25/h2-15,17-20,32H,16,21-24H2,1H3,(H,35,38)/t32-/m1/s1. The summed E-state index contributed by atoms with van der Waals surface area (Å²) in [7, 11) is 1.62. The Balaban J connectivity index is 1.56. The predicted octanol–water partition coefficient (Wildman–Crippen LogP) is 5.90. The number of carbonyl (C=O) groups is 2. The monoisotopic (exact) mass is 524 g/mol. The highest BCUT2D eigenvalue weighted by molar-refractivity contribution is 5.88. The van der Waals surface area contributed by atoms with Gasteiger partial charge >= 0.3 is 0 Å². The van der Waals surface area contributed by atoms with Crippen LogP contribution >= 0.6 is 0 Å². The second kappa shape index (κ2) is 13.9. The molecule has 200 valence electrons. The Bertz CT molecular complexity index is 1330. The minimum atomic E-state index is -0.838. The number of aryl methyl sites for hydroxylation is 1. The fourth-order valence-electron chi connectivity index (χ4n) is 4.48. The van der Waals surface area contributed by atoms with Crippen LogP contribution in [0.2, 0.25) is 0 Å². The van der Waals surface area contributed by atoms with Crippen molar-refractivity contribution < 1.29 is 18.7 Å². The van der Waals surface area contributed by atoms with E-state index in [1.54, 1.807) is 24.1 Å². The van der Waals surface area contributed by atoms with Crippen LogP contribution in [0.25, 0.3) is 0 Å². The smallest absolute Gasteiger partial charge is 0.247 e. The number of nitrogens with zero attached hydrogens (tertiary/aromatic N) is 1. The third-order valence-electron chi connectivity index (χ3n) is 6.60. The summed E-state index contributed by atoms with van der Waals surface area (Å²) in [6.45, 7) is 0.594. The van der Waals surface area contributed by atoms with Crippen LogP contribution in [-0.2, 0) is 29.0 Å². The molecule has 6 heteroatoms. The number of methoxy groups -OCH3 is 1. The number of nitrogens with one attached hydrogen (secondary N) is 1. The van der Waals surface area contributed by atoms with Gasteiger partial charge in [0.15, 0.2) is 0 Å². The van der Waals surface area contributed by atoms with Crippen molar-refractivity contribution in [2.45, 2.75) is 31.8 Å². The van der Waals surface area contributed by atoms with Crippen LogP contribution in [0.1, 0.15) is 34.7 Å². The Morgan fingerprint density at radius 3 is 2.00 bits per heavy atom. The number of halogens is 1. The Morgan fingerprint density at radius 1 is 0.769 bits per heavy atom. The average molecular weight is 525 g/mol. The van der Waals surface area contributed by atoms with E-state index in [-0.39, 0.29) is 30.6 Å². The summed E-state index contributed by atoms with van der Waals surface area (Å²) in [6.07, 6.45) is 1.44. The molecule has 39 heavy (non-hydrogen) atoms. The van der Waals surface area contributed by atoms with Gasteiger partial charge in [0.25, 0.3) is 0 Å². The van der Waals surface area contributed by atoms with Crippen molar-refractivity contribution >= 4 is 11.8 Å². The zero-order valence-corrected chi connectivity index (χ0v) is 22.1. The zero-order chi connectivity index (χ0) is 27.5. The van der Waals surface area contributed by atoms with Gasteiger partial charge in [-0.3, -0.25) is 9.59 Å². The lowest BCUT2D eigenvalue weighted by atomic mass is 10.0. The van der Waals surface area contributed by atoms with Crippen LogP contribution in [0.4, 0.5) is 4.39 Å². The molecule has 0 bridgehead atoms. The molecule has 0 aliphatic heterocycles. The molecule has 1 N–H and O–H groups in total.